The van der Waals surface area contributed by atoms with Crippen LogP contribution < -0.4 is 9.47 Å². The maximum atomic E-state index is 13.5. The Hall–Kier alpha value is -4.52. The van der Waals surface area contributed by atoms with Crippen molar-refractivity contribution in [2.45, 2.75) is 18.9 Å². The monoisotopic (exact) mass is 480 g/mol. The van der Waals surface area contributed by atoms with E-state index in [1.807, 2.05) is 47.4 Å². The van der Waals surface area contributed by atoms with Crippen LogP contribution in [0.1, 0.15) is 34.0 Å². The molecule has 1 aromatic heterocycles. The van der Waals surface area contributed by atoms with E-state index in [9.17, 15) is 9.59 Å². The number of benzene rings is 3. The number of H-pyrrole nitrogens is 1. The molecular formula is C29H24N2O5. The third-order valence-corrected chi connectivity index (χ3v) is 6.78. The Morgan fingerprint density at radius 1 is 1.03 bits per heavy atom. The van der Waals surface area contributed by atoms with Gasteiger partial charge in [-0.3, -0.25) is 9.59 Å². The normalized spacial score (nSPS) is 16.4. The number of amides is 1. The number of aromatic amines is 1. The number of rotatable bonds is 5. The van der Waals surface area contributed by atoms with Crippen LogP contribution in [-0.2, 0) is 22.4 Å². The summed E-state index contributed by atoms with van der Waals surface area (Å²) < 4.78 is 11.1. The lowest BCUT2D eigenvalue weighted by Gasteiger charge is -2.35. The molecule has 0 fully saturated rings. The second-order valence-corrected chi connectivity index (χ2v) is 9.01. The number of aliphatic carboxylic acids is 1. The molecule has 0 spiro atoms. The van der Waals surface area contributed by atoms with Crippen molar-refractivity contribution in [3.05, 3.63) is 101 Å². The Bertz CT molecular complexity index is 1500. The number of ether oxygens (including phenoxy) is 2. The number of nitrogens with zero attached hydrogens (tertiary/aromatic N) is 1. The zero-order valence-electron chi connectivity index (χ0n) is 19.4. The minimum atomic E-state index is -0.871. The molecule has 0 aliphatic carbocycles. The summed E-state index contributed by atoms with van der Waals surface area (Å²) in [7, 11) is 0. The Balaban J connectivity index is 1.34. The van der Waals surface area contributed by atoms with E-state index in [-0.39, 0.29) is 25.2 Å². The number of carboxylic acids is 1. The summed E-state index contributed by atoms with van der Waals surface area (Å²) in [5.41, 5.74) is 5.80. The van der Waals surface area contributed by atoms with E-state index in [0.717, 1.165) is 34.3 Å². The van der Waals surface area contributed by atoms with Crippen LogP contribution in [0, 0.1) is 0 Å². The molecule has 0 saturated carbocycles. The lowest BCUT2D eigenvalue weighted by atomic mass is 9.92. The first-order chi connectivity index (χ1) is 17.6. The minimum Gasteiger partial charge on any atom is -0.481 e. The molecule has 1 atom stereocenters. The van der Waals surface area contributed by atoms with Crippen molar-refractivity contribution in [3.8, 4) is 11.5 Å². The zero-order chi connectivity index (χ0) is 24.6. The number of carbonyl (C=O) groups is 2. The number of para-hydroxylation sites is 1. The van der Waals surface area contributed by atoms with Crippen LogP contribution in [0.3, 0.4) is 0 Å². The van der Waals surface area contributed by atoms with Crippen molar-refractivity contribution in [3.63, 3.8) is 0 Å². The van der Waals surface area contributed by atoms with Gasteiger partial charge in [-0.15, -0.1) is 0 Å². The number of hydrogen-bond donors (Lipinski definition) is 2. The van der Waals surface area contributed by atoms with E-state index in [1.54, 1.807) is 24.3 Å². The molecule has 0 radical (unpaired) electrons. The van der Waals surface area contributed by atoms with Crippen molar-refractivity contribution < 1.29 is 24.2 Å². The maximum absolute atomic E-state index is 13.5. The predicted octanol–water partition coefficient (Wildman–Crippen LogP) is 4.71. The van der Waals surface area contributed by atoms with Gasteiger partial charge >= 0.3 is 5.97 Å². The van der Waals surface area contributed by atoms with Crippen LogP contribution >= 0.6 is 0 Å². The van der Waals surface area contributed by atoms with E-state index in [0.29, 0.717) is 18.0 Å². The van der Waals surface area contributed by atoms with Crippen molar-refractivity contribution in [1.82, 2.24) is 9.88 Å². The molecule has 7 heteroatoms. The molecule has 2 aliphatic heterocycles. The molecule has 2 aliphatic rings. The molecule has 3 aromatic carbocycles. The summed E-state index contributed by atoms with van der Waals surface area (Å²) in [6, 6.07) is 20.9. The molecule has 7 nitrogen and oxygen atoms in total. The first-order valence-corrected chi connectivity index (χ1v) is 11.9. The SMILES string of the molecule is O=C(O)Cc1ccc(C=CC(=O)N2CCc3c([nH]c4ccccc34)C2c2ccc3c(c2)OCO3)cc1. The predicted molar refractivity (Wildman–Crippen MR) is 135 cm³/mol. The second-order valence-electron chi connectivity index (χ2n) is 9.01. The third kappa shape index (κ3) is 3.98. The Morgan fingerprint density at radius 3 is 2.67 bits per heavy atom. The number of nitrogens with one attached hydrogen (secondary N) is 1. The summed E-state index contributed by atoms with van der Waals surface area (Å²) in [6.45, 7) is 0.770. The highest BCUT2D eigenvalue weighted by molar-refractivity contribution is 5.93. The summed E-state index contributed by atoms with van der Waals surface area (Å²) >= 11 is 0. The lowest BCUT2D eigenvalue weighted by Crippen LogP contribution is -2.39. The number of hydrogen-bond acceptors (Lipinski definition) is 4. The molecule has 1 amide bonds. The van der Waals surface area contributed by atoms with Crippen molar-refractivity contribution in [1.29, 1.82) is 0 Å². The van der Waals surface area contributed by atoms with Gasteiger partial charge in [0, 0.05) is 29.2 Å². The highest BCUT2D eigenvalue weighted by Gasteiger charge is 2.34. The molecule has 1 unspecified atom stereocenters. The van der Waals surface area contributed by atoms with Gasteiger partial charge in [-0.1, -0.05) is 48.5 Å². The molecule has 36 heavy (non-hydrogen) atoms. The van der Waals surface area contributed by atoms with Gasteiger partial charge in [0.15, 0.2) is 11.5 Å². The standard InChI is InChI=1S/C29H24N2O5/c32-26(12-9-18-5-7-19(8-6-18)15-27(33)34)31-14-13-22-21-3-1-2-4-23(21)30-28(22)29(31)20-10-11-24-25(16-20)36-17-35-24/h1-12,16,29-30H,13-15,17H2,(H,33,34). The van der Waals surface area contributed by atoms with Gasteiger partial charge in [0.1, 0.15) is 0 Å². The molecule has 4 aromatic rings. The van der Waals surface area contributed by atoms with E-state index >= 15 is 0 Å². The van der Waals surface area contributed by atoms with E-state index < -0.39 is 5.97 Å². The van der Waals surface area contributed by atoms with Gasteiger partial charge in [0.2, 0.25) is 12.7 Å². The quantitative estimate of drug-likeness (QED) is 0.404. The molecule has 2 N–H and O–H groups in total. The van der Waals surface area contributed by atoms with E-state index in [2.05, 4.69) is 17.1 Å². The number of aromatic nitrogens is 1. The summed E-state index contributed by atoms with van der Waals surface area (Å²) in [4.78, 5) is 29.9. The zero-order valence-corrected chi connectivity index (χ0v) is 19.4. The van der Waals surface area contributed by atoms with Crippen molar-refractivity contribution in [2.24, 2.45) is 0 Å². The topological polar surface area (TPSA) is 91.9 Å². The second kappa shape index (κ2) is 8.92. The van der Waals surface area contributed by atoms with Crippen LogP contribution in [0.2, 0.25) is 0 Å². The Morgan fingerprint density at radius 2 is 1.83 bits per heavy atom. The number of fused-ring (bicyclic) bond motifs is 4. The lowest BCUT2D eigenvalue weighted by molar-refractivity contribution is -0.136. The van der Waals surface area contributed by atoms with Crippen LogP contribution in [-0.4, -0.2) is 40.2 Å². The van der Waals surface area contributed by atoms with Gasteiger partial charge in [0.05, 0.1) is 12.5 Å². The highest BCUT2D eigenvalue weighted by Crippen LogP contribution is 2.42. The molecule has 0 bridgehead atoms. The number of carbonyl (C=O) groups excluding carboxylic acids is 1. The fourth-order valence-electron chi connectivity index (χ4n) is 5.09. The third-order valence-electron chi connectivity index (χ3n) is 6.78. The first kappa shape index (κ1) is 22.0. The summed E-state index contributed by atoms with van der Waals surface area (Å²) in [5.74, 6) is 0.414. The van der Waals surface area contributed by atoms with E-state index in [1.165, 1.54) is 10.9 Å². The fourth-order valence-corrected chi connectivity index (χ4v) is 5.09. The van der Waals surface area contributed by atoms with Gasteiger partial charge in [-0.25, -0.2) is 0 Å². The smallest absolute Gasteiger partial charge is 0.307 e. The maximum Gasteiger partial charge on any atom is 0.307 e. The fraction of sp³-hybridized carbons (Fsp3) is 0.172. The van der Waals surface area contributed by atoms with Gasteiger partial charge in [-0.2, -0.15) is 0 Å². The van der Waals surface area contributed by atoms with Crippen LogP contribution in [0.15, 0.2) is 72.8 Å². The average Bonchev–Trinajstić information content (AvgIpc) is 3.51. The Kier molecular flexibility index (Phi) is 5.45. The highest BCUT2D eigenvalue weighted by atomic mass is 16.7. The largest absolute Gasteiger partial charge is 0.481 e. The molecule has 3 heterocycles. The first-order valence-electron chi connectivity index (χ1n) is 11.9. The van der Waals surface area contributed by atoms with Gasteiger partial charge < -0.3 is 24.5 Å². The average molecular weight is 481 g/mol. The summed E-state index contributed by atoms with van der Waals surface area (Å²) in [6.07, 6.45) is 4.08. The van der Waals surface area contributed by atoms with Crippen LogP contribution in [0.4, 0.5) is 0 Å². The molecular weight excluding hydrogens is 456 g/mol. The minimum absolute atomic E-state index is 0.0270. The van der Waals surface area contributed by atoms with Crippen LogP contribution in [0.5, 0.6) is 11.5 Å². The van der Waals surface area contributed by atoms with E-state index in [4.69, 9.17) is 14.6 Å². The summed E-state index contributed by atoms with van der Waals surface area (Å²) in [5, 5.41) is 10.1. The van der Waals surface area contributed by atoms with Crippen molar-refractivity contribution in [2.75, 3.05) is 13.3 Å². The van der Waals surface area contributed by atoms with Crippen LogP contribution in [0.25, 0.3) is 17.0 Å². The molecule has 180 valence electrons. The number of carboxylic acid groups (broad SMARTS) is 1. The molecule has 0 saturated heterocycles. The Labute approximate surface area is 207 Å². The van der Waals surface area contributed by atoms with Gasteiger partial charge in [0.25, 0.3) is 0 Å². The van der Waals surface area contributed by atoms with Crippen molar-refractivity contribution >= 4 is 28.9 Å². The van der Waals surface area contributed by atoms with Gasteiger partial charge in [-0.05, 0) is 52.9 Å². The molecule has 6 rings (SSSR count).